The van der Waals surface area contributed by atoms with Crippen molar-refractivity contribution in [3.63, 3.8) is 0 Å². The summed E-state index contributed by atoms with van der Waals surface area (Å²) in [6, 6.07) is 0.436. The molecular weight excluding hydrogens is 252 g/mol. The molecule has 0 aromatic carbocycles. The number of likely N-dealkylation sites (tertiary alicyclic amines) is 1. The standard InChI is InChI=1S/C16H28N2O2/c1-13-3-5-15(6-4-13)17(2)16(20)11-18-9-7-14(12-19)8-10-18/h12-15H,3-11H2,1-2H3. The number of hydrogen-bond acceptors (Lipinski definition) is 3. The van der Waals surface area contributed by atoms with Crippen LogP contribution in [0.15, 0.2) is 0 Å². The van der Waals surface area contributed by atoms with E-state index in [0.717, 1.165) is 51.0 Å². The maximum absolute atomic E-state index is 12.4. The molecule has 0 aromatic rings. The van der Waals surface area contributed by atoms with Gasteiger partial charge >= 0.3 is 0 Å². The first-order valence-corrected chi connectivity index (χ1v) is 8.03. The van der Waals surface area contributed by atoms with Gasteiger partial charge in [0.25, 0.3) is 0 Å². The highest BCUT2D eigenvalue weighted by Gasteiger charge is 2.27. The zero-order chi connectivity index (χ0) is 14.5. The van der Waals surface area contributed by atoms with Gasteiger partial charge in [0.05, 0.1) is 6.54 Å². The molecule has 0 radical (unpaired) electrons. The van der Waals surface area contributed by atoms with E-state index in [1.165, 1.54) is 12.8 Å². The number of hydrogen-bond donors (Lipinski definition) is 0. The van der Waals surface area contributed by atoms with E-state index in [1.54, 1.807) is 0 Å². The molecule has 0 unspecified atom stereocenters. The summed E-state index contributed by atoms with van der Waals surface area (Å²) in [4.78, 5) is 27.3. The fourth-order valence-electron chi connectivity index (χ4n) is 3.38. The largest absolute Gasteiger partial charge is 0.342 e. The minimum absolute atomic E-state index is 0.207. The molecule has 2 rings (SSSR count). The molecule has 0 bridgehead atoms. The third-order valence-corrected chi connectivity index (χ3v) is 5.11. The second kappa shape index (κ2) is 7.21. The Kier molecular flexibility index (Phi) is 5.58. The summed E-state index contributed by atoms with van der Waals surface area (Å²) in [6.07, 6.45) is 7.66. The molecule has 2 fully saturated rings. The number of carbonyl (C=O) groups excluding carboxylic acids is 2. The highest BCUT2D eigenvalue weighted by Crippen LogP contribution is 2.26. The van der Waals surface area contributed by atoms with E-state index < -0.39 is 0 Å². The Labute approximate surface area is 122 Å². The Morgan fingerprint density at radius 1 is 1.15 bits per heavy atom. The topological polar surface area (TPSA) is 40.6 Å². The lowest BCUT2D eigenvalue weighted by atomic mass is 9.87. The second-order valence-electron chi connectivity index (χ2n) is 6.67. The van der Waals surface area contributed by atoms with E-state index in [9.17, 15) is 9.59 Å². The zero-order valence-electron chi connectivity index (χ0n) is 12.9. The quantitative estimate of drug-likeness (QED) is 0.739. The van der Waals surface area contributed by atoms with Crippen molar-refractivity contribution in [1.82, 2.24) is 9.80 Å². The van der Waals surface area contributed by atoms with Crippen molar-refractivity contribution in [2.75, 3.05) is 26.7 Å². The normalized spacial score (nSPS) is 29.1. The monoisotopic (exact) mass is 280 g/mol. The Morgan fingerprint density at radius 2 is 1.75 bits per heavy atom. The molecule has 0 N–H and O–H groups in total. The maximum atomic E-state index is 12.4. The first kappa shape index (κ1) is 15.5. The molecule has 1 saturated carbocycles. The van der Waals surface area contributed by atoms with E-state index in [0.29, 0.717) is 12.6 Å². The lowest BCUT2D eigenvalue weighted by Crippen LogP contribution is -2.46. The number of rotatable bonds is 4. The third-order valence-electron chi connectivity index (χ3n) is 5.11. The third kappa shape index (κ3) is 4.05. The van der Waals surface area contributed by atoms with Crippen LogP contribution in [0.4, 0.5) is 0 Å². The number of carbonyl (C=O) groups is 2. The van der Waals surface area contributed by atoms with Crippen molar-refractivity contribution in [3.05, 3.63) is 0 Å². The van der Waals surface area contributed by atoms with Gasteiger partial charge in [-0.2, -0.15) is 0 Å². The number of nitrogens with zero attached hydrogens (tertiary/aromatic N) is 2. The van der Waals surface area contributed by atoms with E-state index in [1.807, 2.05) is 11.9 Å². The first-order valence-electron chi connectivity index (χ1n) is 8.03. The zero-order valence-corrected chi connectivity index (χ0v) is 12.9. The van der Waals surface area contributed by atoms with Crippen LogP contribution in [0.2, 0.25) is 0 Å². The van der Waals surface area contributed by atoms with Crippen molar-refractivity contribution < 1.29 is 9.59 Å². The van der Waals surface area contributed by atoms with Crippen LogP contribution >= 0.6 is 0 Å². The van der Waals surface area contributed by atoms with Crippen LogP contribution in [0.1, 0.15) is 45.4 Å². The minimum Gasteiger partial charge on any atom is -0.342 e. The number of amides is 1. The van der Waals surface area contributed by atoms with Gasteiger partial charge < -0.3 is 9.69 Å². The summed E-state index contributed by atoms with van der Waals surface area (Å²) in [5, 5.41) is 0. The van der Waals surface area contributed by atoms with E-state index in [-0.39, 0.29) is 11.8 Å². The SMILES string of the molecule is CC1CCC(N(C)C(=O)CN2CCC(C=O)CC2)CC1. The van der Waals surface area contributed by atoms with Gasteiger partial charge in [-0.15, -0.1) is 0 Å². The van der Waals surface area contributed by atoms with Crippen LogP contribution in [0.5, 0.6) is 0 Å². The van der Waals surface area contributed by atoms with Crippen LogP contribution in [-0.2, 0) is 9.59 Å². The summed E-state index contributed by atoms with van der Waals surface area (Å²) in [5.41, 5.74) is 0. The van der Waals surface area contributed by atoms with E-state index in [4.69, 9.17) is 0 Å². The lowest BCUT2D eigenvalue weighted by molar-refractivity contribution is -0.134. The molecule has 2 aliphatic rings. The van der Waals surface area contributed by atoms with E-state index in [2.05, 4.69) is 11.8 Å². The molecule has 0 atom stereocenters. The van der Waals surface area contributed by atoms with Gasteiger partial charge in [-0.1, -0.05) is 6.92 Å². The summed E-state index contributed by atoms with van der Waals surface area (Å²) in [5.74, 6) is 1.27. The molecule has 1 amide bonds. The highest BCUT2D eigenvalue weighted by molar-refractivity contribution is 5.78. The maximum Gasteiger partial charge on any atom is 0.236 e. The average molecular weight is 280 g/mol. The van der Waals surface area contributed by atoms with Crippen LogP contribution in [0.25, 0.3) is 0 Å². The number of piperidine rings is 1. The van der Waals surface area contributed by atoms with Crippen molar-refractivity contribution in [2.24, 2.45) is 11.8 Å². The van der Waals surface area contributed by atoms with Gasteiger partial charge in [-0.25, -0.2) is 0 Å². The van der Waals surface area contributed by atoms with Gasteiger partial charge in [0, 0.05) is 19.0 Å². The predicted octanol–water partition coefficient (Wildman–Crippen LogP) is 1.93. The van der Waals surface area contributed by atoms with Crippen LogP contribution < -0.4 is 0 Å². The summed E-state index contributed by atoms with van der Waals surface area (Å²) < 4.78 is 0. The Hall–Kier alpha value is -0.900. The molecule has 1 heterocycles. The van der Waals surface area contributed by atoms with Crippen LogP contribution in [-0.4, -0.2) is 54.7 Å². The Bertz CT molecular complexity index is 329. The Morgan fingerprint density at radius 3 is 2.30 bits per heavy atom. The van der Waals surface area contributed by atoms with Gasteiger partial charge in [-0.3, -0.25) is 9.69 Å². The fraction of sp³-hybridized carbons (Fsp3) is 0.875. The molecular formula is C16H28N2O2. The van der Waals surface area contributed by atoms with Crippen molar-refractivity contribution in [1.29, 1.82) is 0 Å². The van der Waals surface area contributed by atoms with Crippen molar-refractivity contribution in [3.8, 4) is 0 Å². The fourth-order valence-corrected chi connectivity index (χ4v) is 3.38. The van der Waals surface area contributed by atoms with Gasteiger partial charge in [-0.05, 0) is 57.5 Å². The number of likely N-dealkylation sites (N-methyl/N-ethyl adjacent to an activating group) is 1. The molecule has 0 aromatic heterocycles. The Balaban J connectivity index is 1.75. The van der Waals surface area contributed by atoms with Gasteiger partial charge in [0.2, 0.25) is 5.91 Å². The van der Waals surface area contributed by atoms with Gasteiger partial charge in [0.15, 0.2) is 0 Å². The molecule has 20 heavy (non-hydrogen) atoms. The van der Waals surface area contributed by atoms with E-state index >= 15 is 0 Å². The average Bonchev–Trinajstić information content (AvgIpc) is 2.48. The molecule has 1 aliphatic carbocycles. The molecule has 4 heteroatoms. The van der Waals surface area contributed by atoms with Crippen molar-refractivity contribution in [2.45, 2.75) is 51.5 Å². The minimum atomic E-state index is 0.207. The molecule has 1 aliphatic heterocycles. The first-order chi connectivity index (χ1) is 9.60. The number of aldehydes is 1. The van der Waals surface area contributed by atoms with Crippen LogP contribution in [0.3, 0.4) is 0 Å². The molecule has 0 spiro atoms. The van der Waals surface area contributed by atoms with Crippen molar-refractivity contribution >= 4 is 12.2 Å². The highest BCUT2D eigenvalue weighted by atomic mass is 16.2. The summed E-state index contributed by atoms with van der Waals surface area (Å²) in [7, 11) is 1.96. The molecule has 114 valence electrons. The molecule has 1 saturated heterocycles. The summed E-state index contributed by atoms with van der Waals surface area (Å²) in [6.45, 7) is 4.58. The van der Waals surface area contributed by atoms with Gasteiger partial charge in [0.1, 0.15) is 6.29 Å². The lowest BCUT2D eigenvalue weighted by Gasteiger charge is -2.36. The second-order valence-corrected chi connectivity index (χ2v) is 6.67. The smallest absolute Gasteiger partial charge is 0.236 e. The van der Waals surface area contributed by atoms with Crippen LogP contribution in [0, 0.1) is 11.8 Å². The molecule has 4 nitrogen and oxygen atoms in total. The predicted molar refractivity (Wildman–Crippen MR) is 79.4 cm³/mol. The summed E-state index contributed by atoms with van der Waals surface area (Å²) >= 11 is 0.